The number of benzene rings is 2. The Balaban J connectivity index is 1.44. The second-order valence-corrected chi connectivity index (χ2v) is 7.44. The Morgan fingerprint density at radius 2 is 1.93 bits per heavy atom. The molecule has 1 amide bonds. The molecule has 0 spiro atoms. The van der Waals surface area contributed by atoms with Crippen LogP contribution >= 0.6 is 11.8 Å². The fourth-order valence-corrected chi connectivity index (χ4v) is 3.79. The van der Waals surface area contributed by atoms with E-state index in [1.54, 1.807) is 0 Å². The minimum absolute atomic E-state index is 0.0640. The van der Waals surface area contributed by atoms with Gasteiger partial charge in [-0.2, -0.15) is 0 Å². The highest BCUT2D eigenvalue weighted by Crippen LogP contribution is 2.29. The molecular weight excluding hydrogens is 370 g/mol. The lowest BCUT2D eigenvalue weighted by atomic mass is 10.1. The minimum Gasteiger partial charge on any atom is -0.360 e. The molecular formula is C21H21N5OS. The van der Waals surface area contributed by atoms with Gasteiger partial charge in [-0.3, -0.25) is 4.79 Å². The molecule has 0 bridgehead atoms. The summed E-state index contributed by atoms with van der Waals surface area (Å²) < 4.78 is 1.92. The molecule has 0 radical (unpaired) electrons. The first-order valence-corrected chi connectivity index (χ1v) is 10.1. The number of carbonyl (C=O) groups is 1. The van der Waals surface area contributed by atoms with E-state index in [2.05, 4.69) is 33.5 Å². The predicted molar refractivity (Wildman–Crippen MR) is 113 cm³/mol. The van der Waals surface area contributed by atoms with Crippen LogP contribution in [0.5, 0.6) is 0 Å². The first-order valence-electron chi connectivity index (χ1n) is 9.13. The quantitative estimate of drug-likeness (QED) is 0.482. The molecule has 7 heteroatoms. The summed E-state index contributed by atoms with van der Waals surface area (Å²) >= 11 is 1.37. The van der Waals surface area contributed by atoms with E-state index in [9.17, 15) is 4.79 Å². The molecule has 0 aliphatic rings. The highest BCUT2D eigenvalue weighted by molar-refractivity contribution is 7.99. The average Bonchev–Trinajstić information content (AvgIpc) is 3.30. The lowest BCUT2D eigenvalue weighted by molar-refractivity contribution is -0.113. The van der Waals surface area contributed by atoms with E-state index in [1.165, 1.54) is 17.3 Å². The Morgan fingerprint density at radius 1 is 1.14 bits per heavy atom. The largest absolute Gasteiger partial charge is 0.360 e. The second-order valence-electron chi connectivity index (χ2n) is 6.50. The number of rotatable bonds is 6. The van der Waals surface area contributed by atoms with Crippen molar-refractivity contribution in [1.29, 1.82) is 0 Å². The van der Waals surface area contributed by atoms with E-state index < -0.39 is 0 Å². The highest BCUT2D eigenvalue weighted by Gasteiger charge is 2.15. The smallest absolute Gasteiger partial charge is 0.234 e. The summed E-state index contributed by atoms with van der Waals surface area (Å²) in [5, 5.41) is 13.3. The molecule has 0 aliphatic heterocycles. The van der Waals surface area contributed by atoms with Gasteiger partial charge < -0.3 is 14.9 Å². The standard InChI is InChI=1S/C21H21N5OS/c1-3-14-8-10-15(11-9-14)23-19(27)13-28-21-25-24-20(26(21)2)17-12-22-18-7-5-4-6-16(17)18/h4-12,22H,3,13H2,1-2H3,(H,23,27). The molecule has 0 aliphatic carbocycles. The molecule has 0 saturated carbocycles. The van der Waals surface area contributed by atoms with Gasteiger partial charge in [0.1, 0.15) is 0 Å². The number of thioether (sulfide) groups is 1. The molecule has 0 fully saturated rings. The summed E-state index contributed by atoms with van der Waals surface area (Å²) in [6.45, 7) is 2.11. The zero-order chi connectivity index (χ0) is 19.5. The van der Waals surface area contributed by atoms with Crippen LogP contribution in [0.15, 0.2) is 59.9 Å². The SMILES string of the molecule is CCc1ccc(NC(=O)CSc2nnc(-c3c[nH]c4ccccc34)n2C)cc1. The van der Waals surface area contributed by atoms with Crippen molar-refractivity contribution >= 4 is 34.3 Å². The Labute approximate surface area is 167 Å². The lowest BCUT2D eigenvalue weighted by Crippen LogP contribution is -2.14. The summed E-state index contributed by atoms with van der Waals surface area (Å²) in [7, 11) is 1.92. The third-order valence-electron chi connectivity index (χ3n) is 4.64. The van der Waals surface area contributed by atoms with Crippen molar-refractivity contribution in [3.05, 3.63) is 60.3 Å². The van der Waals surface area contributed by atoms with E-state index in [0.717, 1.165) is 34.4 Å². The van der Waals surface area contributed by atoms with Crippen LogP contribution in [-0.4, -0.2) is 31.4 Å². The topological polar surface area (TPSA) is 75.6 Å². The number of hydrogen-bond donors (Lipinski definition) is 2. The molecule has 28 heavy (non-hydrogen) atoms. The Bertz CT molecular complexity index is 1110. The zero-order valence-corrected chi connectivity index (χ0v) is 16.6. The Morgan fingerprint density at radius 3 is 2.71 bits per heavy atom. The van der Waals surface area contributed by atoms with Crippen molar-refractivity contribution in [2.24, 2.45) is 7.05 Å². The third-order valence-corrected chi connectivity index (χ3v) is 5.66. The number of carbonyl (C=O) groups excluding carboxylic acids is 1. The van der Waals surface area contributed by atoms with Crippen LogP contribution in [0.4, 0.5) is 5.69 Å². The average molecular weight is 392 g/mol. The number of amides is 1. The maximum Gasteiger partial charge on any atom is 0.234 e. The molecule has 4 rings (SSSR count). The molecule has 0 saturated heterocycles. The van der Waals surface area contributed by atoms with Gasteiger partial charge in [0.05, 0.1) is 5.75 Å². The van der Waals surface area contributed by atoms with Crippen LogP contribution in [0.25, 0.3) is 22.3 Å². The van der Waals surface area contributed by atoms with Crippen molar-refractivity contribution in [2.75, 3.05) is 11.1 Å². The highest BCUT2D eigenvalue weighted by atomic mass is 32.2. The van der Waals surface area contributed by atoms with Crippen molar-refractivity contribution in [2.45, 2.75) is 18.5 Å². The maximum atomic E-state index is 12.3. The number of para-hydroxylation sites is 1. The van der Waals surface area contributed by atoms with E-state index in [4.69, 9.17) is 0 Å². The number of hydrogen-bond acceptors (Lipinski definition) is 4. The van der Waals surface area contributed by atoms with Gasteiger partial charge in [-0.15, -0.1) is 10.2 Å². The van der Waals surface area contributed by atoms with Crippen LogP contribution in [0.3, 0.4) is 0 Å². The molecule has 2 aromatic carbocycles. The molecule has 142 valence electrons. The molecule has 0 atom stereocenters. The number of nitrogens with zero attached hydrogens (tertiary/aromatic N) is 3. The number of aromatic amines is 1. The van der Waals surface area contributed by atoms with Gasteiger partial charge in [-0.1, -0.05) is 49.0 Å². The van der Waals surface area contributed by atoms with Gasteiger partial charge in [0, 0.05) is 35.4 Å². The van der Waals surface area contributed by atoms with Crippen molar-refractivity contribution in [3.8, 4) is 11.4 Å². The van der Waals surface area contributed by atoms with Crippen molar-refractivity contribution in [1.82, 2.24) is 19.7 Å². The summed E-state index contributed by atoms with van der Waals surface area (Å²) in [4.78, 5) is 15.5. The van der Waals surface area contributed by atoms with Crippen LogP contribution in [-0.2, 0) is 18.3 Å². The summed E-state index contributed by atoms with van der Waals surface area (Å²) in [5.74, 6) is 0.983. The van der Waals surface area contributed by atoms with E-state index >= 15 is 0 Å². The normalized spacial score (nSPS) is 11.1. The van der Waals surface area contributed by atoms with Gasteiger partial charge in [0.15, 0.2) is 11.0 Å². The van der Waals surface area contributed by atoms with Crippen LogP contribution < -0.4 is 5.32 Å². The van der Waals surface area contributed by atoms with Gasteiger partial charge in [0.2, 0.25) is 5.91 Å². The number of aryl methyl sites for hydroxylation is 1. The molecule has 2 N–H and O–H groups in total. The maximum absolute atomic E-state index is 12.3. The molecule has 0 unspecified atom stereocenters. The van der Waals surface area contributed by atoms with Crippen LogP contribution in [0.2, 0.25) is 0 Å². The van der Waals surface area contributed by atoms with Gasteiger partial charge >= 0.3 is 0 Å². The fourth-order valence-electron chi connectivity index (χ4n) is 3.08. The Hall–Kier alpha value is -3.06. The lowest BCUT2D eigenvalue weighted by Gasteiger charge is -2.06. The molecule has 6 nitrogen and oxygen atoms in total. The summed E-state index contributed by atoms with van der Waals surface area (Å²) in [5.41, 5.74) is 4.11. The van der Waals surface area contributed by atoms with Gasteiger partial charge in [-0.05, 0) is 30.2 Å². The minimum atomic E-state index is -0.0640. The number of nitrogens with one attached hydrogen (secondary N) is 2. The zero-order valence-electron chi connectivity index (χ0n) is 15.8. The molecule has 4 aromatic rings. The molecule has 2 heterocycles. The van der Waals surface area contributed by atoms with Crippen molar-refractivity contribution < 1.29 is 4.79 Å². The number of aromatic nitrogens is 4. The summed E-state index contributed by atoms with van der Waals surface area (Å²) in [6, 6.07) is 16.0. The predicted octanol–water partition coefficient (Wildman–Crippen LogP) is 4.26. The van der Waals surface area contributed by atoms with E-state index in [1.807, 2.05) is 60.3 Å². The van der Waals surface area contributed by atoms with Crippen LogP contribution in [0, 0.1) is 0 Å². The summed E-state index contributed by atoms with van der Waals surface area (Å²) in [6.07, 6.45) is 2.92. The van der Waals surface area contributed by atoms with E-state index in [-0.39, 0.29) is 11.7 Å². The van der Waals surface area contributed by atoms with E-state index in [0.29, 0.717) is 5.16 Å². The van der Waals surface area contributed by atoms with Crippen molar-refractivity contribution in [3.63, 3.8) is 0 Å². The second kappa shape index (κ2) is 7.90. The van der Waals surface area contributed by atoms with Gasteiger partial charge in [-0.25, -0.2) is 0 Å². The monoisotopic (exact) mass is 391 g/mol. The molecule has 2 aromatic heterocycles. The Kier molecular flexibility index (Phi) is 5.16. The van der Waals surface area contributed by atoms with Gasteiger partial charge in [0.25, 0.3) is 0 Å². The third kappa shape index (κ3) is 3.66. The number of anilines is 1. The first-order chi connectivity index (χ1) is 13.7. The first kappa shape index (κ1) is 18.3. The number of fused-ring (bicyclic) bond motifs is 1. The van der Waals surface area contributed by atoms with Crippen LogP contribution in [0.1, 0.15) is 12.5 Å². The fraction of sp³-hybridized carbons (Fsp3) is 0.190. The number of H-pyrrole nitrogens is 1.